The number of aliphatic imine (C=N–C) groups is 1. The maximum Gasteiger partial charge on any atom is 0.413 e. The fourth-order valence-corrected chi connectivity index (χ4v) is 4.16. The van der Waals surface area contributed by atoms with Gasteiger partial charge in [0, 0.05) is 6.04 Å². The maximum atomic E-state index is 12.3. The first-order valence-corrected chi connectivity index (χ1v) is 11.1. The van der Waals surface area contributed by atoms with Crippen molar-refractivity contribution in [2.45, 2.75) is 89.1 Å². The molecule has 1 aromatic rings. The third kappa shape index (κ3) is 7.53. The van der Waals surface area contributed by atoms with Crippen LogP contribution < -0.4 is 10.6 Å². The topological polar surface area (TPSA) is 62.7 Å². The van der Waals surface area contributed by atoms with Crippen molar-refractivity contribution in [3.8, 4) is 0 Å². The van der Waals surface area contributed by atoms with Gasteiger partial charge in [-0.3, -0.25) is 5.32 Å². The van der Waals surface area contributed by atoms with Gasteiger partial charge in [0.2, 0.25) is 5.96 Å². The summed E-state index contributed by atoms with van der Waals surface area (Å²) in [5.74, 6) is 0.617. The van der Waals surface area contributed by atoms with Gasteiger partial charge in [0.15, 0.2) is 0 Å². The Hall–Kier alpha value is -2.04. The first-order chi connectivity index (χ1) is 13.8. The number of nitrogens with one attached hydrogen (secondary N) is 2. The van der Waals surface area contributed by atoms with Crippen LogP contribution in [0.2, 0.25) is 0 Å². The van der Waals surface area contributed by atoms with E-state index in [2.05, 4.69) is 22.8 Å². The minimum Gasteiger partial charge on any atom is -0.449 e. The molecule has 0 spiro atoms. The third-order valence-electron chi connectivity index (χ3n) is 5.74. The van der Waals surface area contributed by atoms with Crippen LogP contribution in [0.3, 0.4) is 0 Å². The molecule has 1 amide bonds. The number of carbonyl (C=O) groups excluding carboxylic acids is 1. The van der Waals surface area contributed by atoms with Crippen molar-refractivity contribution >= 4 is 12.1 Å². The number of hydrogen-bond acceptors (Lipinski definition) is 3. The quantitative estimate of drug-likeness (QED) is 0.413. The van der Waals surface area contributed by atoms with Crippen LogP contribution in [-0.4, -0.2) is 30.7 Å². The van der Waals surface area contributed by atoms with Gasteiger partial charge in [-0.15, -0.1) is 0 Å². The molecule has 0 aromatic heterocycles. The Morgan fingerprint density at radius 1 is 0.964 bits per heavy atom. The number of guanidine groups is 1. The lowest BCUT2D eigenvalue weighted by Gasteiger charge is -2.26. The molecule has 2 N–H and O–H groups in total. The van der Waals surface area contributed by atoms with Gasteiger partial charge in [0.1, 0.15) is 0 Å². The lowest BCUT2D eigenvalue weighted by atomic mass is 9.95. The molecule has 5 heteroatoms. The number of nitrogens with zero attached hydrogens (tertiary/aromatic N) is 1. The van der Waals surface area contributed by atoms with E-state index in [1.165, 1.54) is 44.1 Å². The number of hydrogen-bond donors (Lipinski definition) is 2. The number of ether oxygens (including phenoxy) is 1. The molecule has 0 radical (unpaired) electrons. The van der Waals surface area contributed by atoms with E-state index in [1.54, 1.807) is 0 Å². The van der Waals surface area contributed by atoms with Crippen molar-refractivity contribution in [3.63, 3.8) is 0 Å². The van der Waals surface area contributed by atoms with E-state index in [0.29, 0.717) is 24.7 Å². The molecule has 2 aliphatic carbocycles. The van der Waals surface area contributed by atoms with Gasteiger partial charge in [0.05, 0.1) is 12.6 Å². The fraction of sp³-hybridized carbons (Fsp3) is 0.652. The summed E-state index contributed by atoms with van der Waals surface area (Å²) in [4.78, 5) is 17.1. The zero-order valence-electron chi connectivity index (χ0n) is 17.0. The van der Waals surface area contributed by atoms with Gasteiger partial charge in [-0.05, 0) is 44.1 Å². The smallest absolute Gasteiger partial charge is 0.413 e. The van der Waals surface area contributed by atoms with E-state index >= 15 is 0 Å². The minimum absolute atomic E-state index is 0.318. The van der Waals surface area contributed by atoms with Crippen molar-refractivity contribution in [2.24, 2.45) is 4.99 Å². The van der Waals surface area contributed by atoms with Gasteiger partial charge in [-0.2, -0.15) is 0 Å². The first kappa shape index (κ1) is 20.7. The largest absolute Gasteiger partial charge is 0.449 e. The molecule has 0 unspecified atom stereocenters. The van der Waals surface area contributed by atoms with Crippen molar-refractivity contribution in [1.29, 1.82) is 0 Å². The normalized spacial score (nSPS) is 19.2. The average Bonchev–Trinajstić information content (AvgIpc) is 2.73. The van der Waals surface area contributed by atoms with E-state index in [-0.39, 0.29) is 0 Å². The summed E-state index contributed by atoms with van der Waals surface area (Å²) < 4.78 is 5.40. The number of amides is 1. The average molecular weight is 386 g/mol. The molecule has 0 saturated heterocycles. The van der Waals surface area contributed by atoms with Crippen molar-refractivity contribution < 1.29 is 9.53 Å². The van der Waals surface area contributed by atoms with E-state index in [4.69, 9.17) is 9.73 Å². The van der Waals surface area contributed by atoms with E-state index in [1.807, 2.05) is 18.2 Å². The molecule has 2 aliphatic rings. The zero-order chi connectivity index (χ0) is 19.4. The summed E-state index contributed by atoms with van der Waals surface area (Å²) in [6, 6.07) is 11.0. The number of aryl methyl sites for hydroxylation is 1. The number of alkyl carbamates (subject to hydrolysis) is 1. The molecule has 0 bridgehead atoms. The molecular formula is C23H35N3O2. The monoisotopic (exact) mass is 385 g/mol. The highest BCUT2D eigenvalue weighted by molar-refractivity contribution is 5.94. The Kier molecular flexibility index (Phi) is 8.66. The van der Waals surface area contributed by atoms with Crippen LogP contribution in [0, 0.1) is 0 Å². The molecule has 0 aliphatic heterocycles. The predicted octanol–water partition coefficient (Wildman–Crippen LogP) is 4.96. The fourth-order valence-electron chi connectivity index (χ4n) is 4.16. The van der Waals surface area contributed by atoms with E-state index in [0.717, 1.165) is 38.5 Å². The second kappa shape index (κ2) is 11.7. The van der Waals surface area contributed by atoms with E-state index in [9.17, 15) is 4.79 Å². The Morgan fingerprint density at radius 2 is 1.64 bits per heavy atom. The highest BCUT2D eigenvalue weighted by Crippen LogP contribution is 2.21. The molecule has 154 valence electrons. The molecule has 0 atom stereocenters. The second-order valence-corrected chi connectivity index (χ2v) is 8.10. The molecule has 28 heavy (non-hydrogen) atoms. The van der Waals surface area contributed by atoms with Gasteiger partial charge in [-0.25, -0.2) is 9.79 Å². The highest BCUT2D eigenvalue weighted by Gasteiger charge is 2.19. The van der Waals surface area contributed by atoms with Crippen molar-refractivity contribution in [2.75, 3.05) is 6.61 Å². The van der Waals surface area contributed by atoms with Gasteiger partial charge in [0.25, 0.3) is 0 Å². The summed E-state index contributed by atoms with van der Waals surface area (Å²) in [5.41, 5.74) is 1.27. The Balaban J connectivity index is 1.46. The summed E-state index contributed by atoms with van der Waals surface area (Å²) in [6.07, 6.45) is 13.4. The number of rotatable bonds is 6. The zero-order valence-corrected chi connectivity index (χ0v) is 17.0. The summed E-state index contributed by atoms with van der Waals surface area (Å²) in [5, 5.41) is 6.38. The second-order valence-electron chi connectivity index (χ2n) is 8.10. The minimum atomic E-state index is -0.397. The van der Waals surface area contributed by atoms with Crippen LogP contribution in [0.5, 0.6) is 0 Å². The molecule has 2 fully saturated rings. The van der Waals surface area contributed by atoms with Crippen LogP contribution in [0.25, 0.3) is 0 Å². The van der Waals surface area contributed by atoms with Gasteiger partial charge < -0.3 is 10.1 Å². The molecule has 5 nitrogen and oxygen atoms in total. The van der Waals surface area contributed by atoms with Crippen LogP contribution in [-0.2, 0) is 11.2 Å². The number of carbonyl (C=O) groups is 1. The number of benzene rings is 1. The van der Waals surface area contributed by atoms with Gasteiger partial charge >= 0.3 is 6.09 Å². The molecular weight excluding hydrogens is 350 g/mol. The predicted molar refractivity (Wildman–Crippen MR) is 114 cm³/mol. The van der Waals surface area contributed by atoms with Crippen LogP contribution in [0.15, 0.2) is 35.3 Å². The van der Waals surface area contributed by atoms with Crippen molar-refractivity contribution in [1.82, 2.24) is 10.6 Å². The maximum absolute atomic E-state index is 12.3. The Bertz CT molecular complexity index is 606. The Morgan fingerprint density at radius 3 is 2.36 bits per heavy atom. The summed E-state index contributed by atoms with van der Waals surface area (Å²) in [7, 11) is 0. The molecule has 3 rings (SSSR count). The third-order valence-corrected chi connectivity index (χ3v) is 5.74. The van der Waals surface area contributed by atoms with Crippen LogP contribution >= 0.6 is 0 Å². The molecule has 1 aromatic carbocycles. The standard InChI is InChI=1S/C23H35N3O2/c27-23(28-18-10-13-19-11-4-1-5-12-19)26-22(24-20-14-6-2-7-15-20)25-21-16-8-3-9-17-21/h1,4-5,11-12,20-21H,2-3,6-10,13-18H2,(H2,24,25,26,27). The summed E-state index contributed by atoms with van der Waals surface area (Å²) >= 11 is 0. The van der Waals surface area contributed by atoms with Crippen molar-refractivity contribution in [3.05, 3.63) is 35.9 Å². The van der Waals surface area contributed by atoms with Crippen LogP contribution in [0.4, 0.5) is 4.79 Å². The van der Waals surface area contributed by atoms with Gasteiger partial charge in [-0.1, -0.05) is 68.9 Å². The molecule has 0 heterocycles. The van der Waals surface area contributed by atoms with E-state index < -0.39 is 6.09 Å². The SMILES string of the molecule is O=C(NC(=NC1CCCCC1)NC1CCCCC1)OCCCc1ccccc1. The lowest BCUT2D eigenvalue weighted by Crippen LogP contribution is -2.47. The van der Waals surface area contributed by atoms with Crippen LogP contribution in [0.1, 0.15) is 76.2 Å². The summed E-state index contributed by atoms with van der Waals surface area (Å²) in [6.45, 7) is 0.418. The Labute approximate surface area is 169 Å². The lowest BCUT2D eigenvalue weighted by molar-refractivity contribution is 0.150. The first-order valence-electron chi connectivity index (χ1n) is 11.1. The molecule has 2 saturated carbocycles. The highest BCUT2D eigenvalue weighted by atomic mass is 16.5.